The zero-order chi connectivity index (χ0) is 13.3. The van der Waals surface area contributed by atoms with E-state index >= 15 is 0 Å². The number of hydrogen-bond donors (Lipinski definition) is 2. The molecule has 0 saturated carbocycles. The molecule has 1 saturated heterocycles. The summed E-state index contributed by atoms with van der Waals surface area (Å²) in [7, 11) is 0. The van der Waals surface area contributed by atoms with Crippen molar-refractivity contribution in [2.24, 2.45) is 0 Å². The van der Waals surface area contributed by atoms with Crippen molar-refractivity contribution in [1.82, 2.24) is 4.90 Å². The fourth-order valence-corrected chi connectivity index (χ4v) is 3.52. The van der Waals surface area contributed by atoms with Crippen LogP contribution in [0.25, 0.3) is 0 Å². The molecule has 1 fully saturated rings. The smallest absolute Gasteiger partial charge is 0.327 e. The van der Waals surface area contributed by atoms with Crippen LogP contribution in [0.4, 0.5) is 0 Å². The predicted octanol–water partition coefficient (Wildman–Crippen LogP) is 1.44. The highest BCUT2D eigenvalue weighted by molar-refractivity contribution is 7.99. The number of aliphatic carboxylic acids is 1. The second kappa shape index (κ2) is 4.89. The van der Waals surface area contributed by atoms with Crippen LogP contribution in [0.2, 0.25) is 0 Å². The van der Waals surface area contributed by atoms with Crippen LogP contribution in [0.5, 0.6) is 5.75 Å². The summed E-state index contributed by atoms with van der Waals surface area (Å²) in [4.78, 5) is 24.0. The molecule has 96 valence electrons. The fourth-order valence-electron chi connectivity index (χ4n) is 2.02. The lowest BCUT2D eigenvalue weighted by Crippen LogP contribution is -2.41. The molecule has 18 heavy (non-hydrogen) atoms. The first-order valence-corrected chi connectivity index (χ1v) is 6.48. The lowest BCUT2D eigenvalue weighted by molar-refractivity contribution is -0.148. The van der Waals surface area contributed by atoms with E-state index < -0.39 is 17.4 Å². The average Bonchev–Trinajstić information content (AvgIpc) is 2.74. The van der Waals surface area contributed by atoms with Gasteiger partial charge in [0.2, 0.25) is 5.91 Å². The van der Waals surface area contributed by atoms with E-state index in [1.165, 1.54) is 29.7 Å². The molecule has 1 heterocycles. The van der Waals surface area contributed by atoms with Gasteiger partial charge in [-0.2, -0.15) is 0 Å². The maximum atomic E-state index is 11.6. The lowest BCUT2D eigenvalue weighted by Gasteiger charge is -2.26. The molecule has 0 unspecified atom stereocenters. The van der Waals surface area contributed by atoms with Crippen LogP contribution in [-0.4, -0.2) is 38.8 Å². The molecule has 0 aliphatic carbocycles. The van der Waals surface area contributed by atoms with E-state index in [1.807, 2.05) is 0 Å². The normalized spacial score (nSPS) is 23.1. The first kappa shape index (κ1) is 12.8. The third kappa shape index (κ3) is 2.15. The van der Waals surface area contributed by atoms with E-state index in [1.54, 1.807) is 18.2 Å². The Morgan fingerprint density at radius 1 is 1.39 bits per heavy atom. The molecule has 1 aromatic carbocycles. The van der Waals surface area contributed by atoms with Gasteiger partial charge in [0.05, 0.1) is 0 Å². The summed E-state index contributed by atoms with van der Waals surface area (Å²) in [5.74, 6) is -0.919. The number of carboxylic acids is 1. The standard InChI is InChI=1S/C12H13NO4S/c1-7(14)13-9(12(16)17)6-18-11(13)8-4-2-3-5-10(8)15/h2-5,9,11,15H,6H2,1H3,(H,16,17)/t9-,11+/m0/s1. The zero-order valence-electron chi connectivity index (χ0n) is 9.74. The SMILES string of the molecule is CC(=O)N1[C@@H](c2ccccc2O)SC[C@H]1C(=O)O. The molecule has 2 atom stereocenters. The number of para-hydroxylation sites is 1. The van der Waals surface area contributed by atoms with Crippen molar-refractivity contribution >= 4 is 23.6 Å². The number of phenols is 1. The number of rotatable bonds is 2. The predicted molar refractivity (Wildman–Crippen MR) is 67.2 cm³/mol. The summed E-state index contributed by atoms with van der Waals surface area (Å²) in [5.41, 5.74) is 0.571. The van der Waals surface area contributed by atoms with Crippen molar-refractivity contribution < 1.29 is 19.8 Å². The molecule has 1 aromatic rings. The van der Waals surface area contributed by atoms with Crippen LogP contribution in [0.15, 0.2) is 24.3 Å². The van der Waals surface area contributed by atoms with E-state index in [2.05, 4.69) is 0 Å². The van der Waals surface area contributed by atoms with Crippen LogP contribution in [0.3, 0.4) is 0 Å². The Morgan fingerprint density at radius 2 is 2.06 bits per heavy atom. The molecule has 1 amide bonds. The van der Waals surface area contributed by atoms with Gasteiger partial charge in [0.1, 0.15) is 17.2 Å². The van der Waals surface area contributed by atoms with Crippen molar-refractivity contribution in [3.05, 3.63) is 29.8 Å². The molecule has 2 rings (SSSR count). The Bertz CT molecular complexity index is 491. The Kier molecular flexibility index (Phi) is 3.47. The first-order chi connectivity index (χ1) is 8.52. The Labute approximate surface area is 108 Å². The first-order valence-electron chi connectivity index (χ1n) is 5.43. The van der Waals surface area contributed by atoms with Crippen molar-refractivity contribution in [3.63, 3.8) is 0 Å². The van der Waals surface area contributed by atoms with Gasteiger partial charge in [-0.25, -0.2) is 4.79 Å². The molecule has 0 spiro atoms. The minimum Gasteiger partial charge on any atom is -0.508 e. The minimum absolute atomic E-state index is 0.0762. The van der Waals surface area contributed by atoms with Crippen LogP contribution in [0.1, 0.15) is 17.9 Å². The number of thioether (sulfide) groups is 1. The van der Waals surface area contributed by atoms with Crippen LogP contribution in [0, 0.1) is 0 Å². The minimum atomic E-state index is -1.02. The van der Waals surface area contributed by atoms with E-state index in [0.717, 1.165) is 0 Å². The lowest BCUT2D eigenvalue weighted by atomic mass is 10.1. The third-order valence-electron chi connectivity index (χ3n) is 2.85. The van der Waals surface area contributed by atoms with Crippen LogP contribution >= 0.6 is 11.8 Å². The molecule has 1 aliphatic heterocycles. The number of carbonyl (C=O) groups excluding carboxylic acids is 1. The summed E-state index contributed by atoms with van der Waals surface area (Å²) < 4.78 is 0. The van der Waals surface area contributed by atoms with Crippen LogP contribution in [-0.2, 0) is 9.59 Å². The number of amides is 1. The number of carboxylic acid groups (broad SMARTS) is 1. The van der Waals surface area contributed by atoms with Gasteiger partial charge in [0.25, 0.3) is 0 Å². The van der Waals surface area contributed by atoms with Gasteiger partial charge in [-0.3, -0.25) is 4.79 Å². The van der Waals surface area contributed by atoms with Gasteiger partial charge in [0, 0.05) is 18.2 Å². The number of nitrogens with zero attached hydrogens (tertiary/aromatic N) is 1. The highest BCUT2D eigenvalue weighted by atomic mass is 32.2. The van der Waals surface area contributed by atoms with Crippen molar-refractivity contribution in [3.8, 4) is 5.75 Å². The van der Waals surface area contributed by atoms with Crippen molar-refractivity contribution in [2.75, 3.05) is 5.75 Å². The van der Waals surface area contributed by atoms with Gasteiger partial charge in [0.15, 0.2) is 0 Å². The Hall–Kier alpha value is -1.69. The largest absolute Gasteiger partial charge is 0.508 e. The van der Waals surface area contributed by atoms with E-state index in [-0.39, 0.29) is 11.7 Å². The Balaban J connectivity index is 2.37. The monoisotopic (exact) mass is 267 g/mol. The van der Waals surface area contributed by atoms with Gasteiger partial charge >= 0.3 is 5.97 Å². The third-order valence-corrected chi connectivity index (χ3v) is 4.16. The van der Waals surface area contributed by atoms with E-state index in [9.17, 15) is 14.7 Å². The van der Waals surface area contributed by atoms with Crippen molar-refractivity contribution in [1.29, 1.82) is 0 Å². The summed E-state index contributed by atoms with van der Waals surface area (Å²) in [6.07, 6.45) is 0. The van der Waals surface area contributed by atoms with E-state index in [4.69, 9.17) is 5.11 Å². The van der Waals surface area contributed by atoms with E-state index in [0.29, 0.717) is 11.3 Å². The van der Waals surface area contributed by atoms with Gasteiger partial charge in [-0.1, -0.05) is 18.2 Å². The fraction of sp³-hybridized carbons (Fsp3) is 0.333. The highest BCUT2D eigenvalue weighted by Gasteiger charge is 2.41. The summed E-state index contributed by atoms with van der Waals surface area (Å²) in [6, 6.07) is 5.83. The number of hydrogen-bond acceptors (Lipinski definition) is 4. The number of aromatic hydroxyl groups is 1. The summed E-state index contributed by atoms with van der Waals surface area (Å²) >= 11 is 1.35. The molecule has 1 aliphatic rings. The molecule has 2 N–H and O–H groups in total. The molecule has 5 nitrogen and oxygen atoms in total. The van der Waals surface area contributed by atoms with Gasteiger partial charge < -0.3 is 15.1 Å². The van der Waals surface area contributed by atoms with Gasteiger partial charge in [-0.05, 0) is 6.07 Å². The van der Waals surface area contributed by atoms with Crippen LogP contribution < -0.4 is 0 Å². The number of benzene rings is 1. The maximum Gasteiger partial charge on any atom is 0.327 e. The second-order valence-corrected chi connectivity index (χ2v) is 5.14. The highest BCUT2D eigenvalue weighted by Crippen LogP contribution is 2.44. The van der Waals surface area contributed by atoms with Gasteiger partial charge in [-0.15, -0.1) is 11.8 Å². The second-order valence-electron chi connectivity index (χ2n) is 4.02. The van der Waals surface area contributed by atoms with Crippen molar-refractivity contribution in [2.45, 2.75) is 18.3 Å². The molecular formula is C12H13NO4S. The Morgan fingerprint density at radius 3 is 2.61 bits per heavy atom. The average molecular weight is 267 g/mol. The molecule has 6 heteroatoms. The maximum absolute atomic E-state index is 11.6. The zero-order valence-corrected chi connectivity index (χ0v) is 10.6. The summed E-state index contributed by atoms with van der Waals surface area (Å²) in [5, 5.41) is 18.5. The molecule has 0 radical (unpaired) electrons. The molecule has 0 aromatic heterocycles. The topological polar surface area (TPSA) is 77.8 Å². The molecular weight excluding hydrogens is 254 g/mol. The number of phenolic OH excluding ortho intramolecular Hbond substituents is 1. The quantitative estimate of drug-likeness (QED) is 0.847. The summed E-state index contributed by atoms with van der Waals surface area (Å²) in [6.45, 7) is 1.34. The molecule has 0 bridgehead atoms. The number of carbonyl (C=O) groups is 2.